The second kappa shape index (κ2) is 6.46. The second-order valence-electron chi connectivity index (χ2n) is 4.51. The van der Waals surface area contributed by atoms with Gasteiger partial charge in [0.05, 0.1) is 4.90 Å². The van der Waals surface area contributed by atoms with E-state index in [1.54, 1.807) is 31.4 Å². The van der Waals surface area contributed by atoms with Gasteiger partial charge >= 0.3 is 0 Å². The molecule has 2 rings (SSSR count). The number of nitrogens with zero attached hydrogens (tertiary/aromatic N) is 2. The first-order valence-corrected chi connectivity index (χ1v) is 8.30. The molecule has 0 spiro atoms. The highest BCUT2D eigenvalue weighted by Crippen LogP contribution is 2.22. The molecule has 0 saturated heterocycles. The van der Waals surface area contributed by atoms with Gasteiger partial charge in [0.1, 0.15) is 0 Å². The zero-order valence-corrected chi connectivity index (χ0v) is 13.4. The predicted molar refractivity (Wildman–Crippen MR) is 82.8 cm³/mol. The fraction of sp³-hybridized carbons (Fsp3) is 0.308. The Kier molecular flexibility index (Phi) is 4.87. The molecule has 0 aliphatic heterocycles. The van der Waals surface area contributed by atoms with Crippen LogP contribution in [0.4, 0.5) is 5.82 Å². The number of sulfonamides is 1. The van der Waals surface area contributed by atoms with Crippen LogP contribution < -0.4 is 10.0 Å². The van der Waals surface area contributed by atoms with Crippen molar-refractivity contribution in [2.24, 2.45) is 7.05 Å². The summed E-state index contributed by atoms with van der Waals surface area (Å²) in [6.07, 6.45) is 1.66. The molecule has 114 valence electrons. The summed E-state index contributed by atoms with van der Waals surface area (Å²) in [5.41, 5.74) is 0.738. The highest BCUT2D eigenvalue weighted by molar-refractivity contribution is 7.92. The maximum absolute atomic E-state index is 12.3. The lowest BCUT2D eigenvalue weighted by Crippen LogP contribution is -2.16. The third-order valence-electron chi connectivity index (χ3n) is 2.85. The van der Waals surface area contributed by atoms with Crippen molar-refractivity contribution in [1.82, 2.24) is 15.1 Å². The highest BCUT2D eigenvalue weighted by atomic mass is 35.5. The van der Waals surface area contributed by atoms with E-state index in [-0.39, 0.29) is 10.7 Å². The molecule has 1 aromatic carbocycles. The number of anilines is 1. The van der Waals surface area contributed by atoms with E-state index in [1.165, 1.54) is 10.7 Å². The Hall–Kier alpha value is -1.57. The topological polar surface area (TPSA) is 76.0 Å². The summed E-state index contributed by atoms with van der Waals surface area (Å²) < 4.78 is 28.6. The average Bonchev–Trinajstić information content (AvgIpc) is 2.82. The van der Waals surface area contributed by atoms with E-state index >= 15 is 0 Å². The van der Waals surface area contributed by atoms with Crippen molar-refractivity contribution in [2.45, 2.75) is 18.4 Å². The van der Waals surface area contributed by atoms with Gasteiger partial charge in [-0.15, -0.1) is 0 Å². The first kappa shape index (κ1) is 15.8. The van der Waals surface area contributed by atoms with E-state index in [1.807, 2.05) is 6.92 Å². The second-order valence-corrected chi connectivity index (χ2v) is 6.60. The Labute approximate surface area is 129 Å². The SMILES string of the molecule is CCNCc1cc(S(=O)(=O)Nc2ccn(C)n2)ccc1Cl. The van der Waals surface area contributed by atoms with Crippen LogP contribution in [0.5, 0.6) is 0 Å². The number of hydrogen-bond donors (Lipinski definition) is 2. The van der Waals surface area contributed by atoms with Crippen LogP contribution in [0.15, 0.2) is 35.4 Å². The summed E-state index contributed by atoms with van der Waals surface area (Å²) in [6, 6.07) is 6.22. The number of hydrogen-bond acceptors (Lipinski definition) is 4. The van der Waals surface area contributed by atoms with Crippen molar-refractivity contribution in [3.8, 4) is 0 Å². The van der Waals surface area contributed by atoms with Crippen molar-refractivity contribution in [3.05, 3.63) is 41.0 Å². The lowest BCUT2D eigenvalue weighted by atomic mass is 10.2. The van der Waals surface area contributed by atoms with Gasteiger partial charge in [-0.3, -0.25) is 9.40 Å². The van der Waals surface area contributed by atoms with Crippen LogP contribution in [-0.4, -0.2) is 24.7 Å². The van der Waals surface area contributed by atoms with Crippen molar-refractivity contribution in [1.29, 1.82) is 0 Å². The smallest absolute Gasteiger partial charge is 0.263 e. The first-order valence-electron chi connectivity index (χ1n) is 6.44. The quantitative estimate of drug-likeness (QED) is 0.850. The molecule has 0 bridgehead atoms. The van der Waals surface area contributed by atoms with Gasteiger partial charge in [0.25, 0.3) is 10.0 Å². The predicted octanol–water partition coefficient (Wildman–Crippen LogP) is 1.98. The number of rotatable bonds is 6. The van der Waals surface area contributed by atoms with Gasteiger partial charge in [-0.25, -0.2) is 8.42 Å². The van der Waals surface area contributed by atoms with E-state index in [9.17, 15) is 8.42 Å². The molecular weight excluding hydrogens is 312 g/mol. The highest BCUT2D eigenvalue weighted by Gasteiger charge is 2.17. The zero-order valence-electron chi connectivity index (χ0n) is 11.8. The molecular formula is C13H17ClN4O2S. The molecule has 0 unspecified atom stereocenters. The monoisotopic (exact) mass is 328 g/mol. The van der Waals surface area contributed by atoms with E-state index in [0.717, 1.165) is 12.1 Å². The van der Waals surface area contributed by atoms with E-state index < -0.39 is 10.0 Å². The third-order valence-corrected chi connectivity index (χ3v) is 4.57. The fourth-order valence-electron chi connectivity index (χ4n) is 1.78. The van der Waals surface area contributed by atoms with Crippen LogP contribution >= 0.6 is 11.6 Å². The van der Waals surface area contributed by atoms with Gasteiger partial charge in [-0.05, 0) is 30.3 Å². The van der Waals surface area contributed by atoms with Crippen LogP contribution in [0.2, 0.25) is 5.02 Å². The first-order chi connectivity index (χ1) is 9.92. The molecule has 0 aliphatic rings. The van der Waals surface area contributed by atoms with Crippen molar-refractivity contribution in [3.63, 3.8) is 0 Å². The molecule has 1 aromatic heterocycles. The van der Waals surface area contributed by atoms with Crippen LogP contribution in [0, 0.1) is 0 Å². The molecule has 0 aliphatic carbocycles. The molecule has 6 nitrogen and oxygen atoms in total. The molecule has 0 saturated carbocycles. The number of benzene rings is 1. The van der Waals surface area contributed by atoms with Gasteiger partial charge in [-0.2, -0.15) is 5.10 Å². The van der Waals surface area contributed by atoms with Gasteiger partial charge in [0.2, 0.25) is 0 Å². The minimum absolute atomic E-state index is 0.158. The van der Waals surface area contributed by atoms with Crippen molar-refractivity contribution >= 4 is 27.4 Å². The Balaban J connectivity index is 2.27. The maximum Gasteiger partial charge on any atom is 0.263 e. The van der Waals surface area contributed by atoms with Gasteiger partial charge < -0.3 is 5.32 Å². The summed E-state index contributed by atoms with van der Waals surface area (Å²) in [4.78, 5) is 0.158. The summed E-state index contributed by atoms with van der Waals surface area (Å²) in [7, 11) is -1.96. The van der Waals surface area contributed by atoms with E-state index in [4.69, 9.17) is 11.6 Å². The molecule has 21 heavy (non-hydrogen) atoms. The summed E-state index contributed by atoms with van der Waals surface area (Å²) in [6.45, 7) is 3.26. The Bertz CT molecular complexity index is 728. The number of aromatic nitrogens is 2. The number of aryl methyl sites for hydroxylation is 1. The van der Waals surface area contributed by atoms with Crippen LogP contribution in [0.3, 0.4) is 0 Å². The third kappa shape index (κ3) is 3.96. The number of nitrogens with one attached hydrogen (secondary N) is 2. The molecule has 0 fully saturated rings. The molecule has 0 amide bonds. The normalized spacial score (nSPS) is 11.6. The largest absolute Gasteiger partial charge is 0.313 e. The molecule has 1 heterocycles. The Morgan fingerprint density at radius 1 is 1.33 bits per heavy atom. The Morgan fingerprint density at radius 3 is 2.71 bits per heavy atom. The molecule has 2 aromatic rings. The van der Waals surface area contributed by atoms with Gasteiger partial charge in [0, 0.05) is 30.9 Å². The zero-order chi connectivity index (χ0) is 15.5. The summed E-state index contributed by atoms with van der Waals surface area (Å²) in [5, 5.41) is 7.66. The van der Waals surface area contributed by atoms with Gasteiger partial charge in [0.15, 0.2) is 5.82 Å². The summed E-state index contributed by atoms with van der Waals surface area (Å²) >= 11 is 6.07. The minimum atomic E-state index is -3.68. The van der Waals surface area contributed by atoms with Crippen molar-refractivity contribution in [2.75, 3.05) is 11.3 Å². The van der Waals surface area contributed by atoms with Crippen LogP contribution in [0.25, 0.3) is 0 Å². The minimum Gasteiger partial charge on any atom is -0.313 e. The van der Waals surface area contributed by atoms with E-state index in [2.05, 4.69) is 15.1 Å². The molecule has 0 atom stereocenters. The van der Waals surface area contributed by atoms with Crippen LogP contribution in [0.1, 0.15) is 12.5 Å². The molecule has 0 radical (unpaired) electrons. The maximum atomic E-state index is 12.3. The Morgan fingerprint density at radius 2 is 2.10 bits per heavy atom. The van der Waals surface area contributed by atoms with Crippen molar-refractivity contribution < 1.29 is 8.42 Å². The molecule has 8 heteroatoms. The molecule has 2 N–H and O–H groups in total. The lowest BCUT2D eigenvalue weighted by molar-refractivity contribution is 0.600. The standard InChI is InChI=1S/C13H17ClN4O2S/c1-3-15-9-10-8-11(4-5-12(10)14)21(19,20)17-13-6-7-18(2)16-13/h4-8,15H,3,9H2,1-2H3,(H,16,17). The van der Waals surface area contributed by atoms with Gasteiger partial charge in [-0.1, -0.05) is 18.5 Å². The fourth-order valence-corrected chi connectivity index (χ4v) is 3.01. The average molecular weight is 329 g/mol. The number of halogens is 1. The lowest BCUT2D eigenvalue weighted by Gasteiger charge is -2.09. The summed E-state index contributed by atoms with van der Waals surface area (Å²) in [5.74, 6) is 0.278. The van der Waals surface area contributed by atoms with E-state index in [0.29, 0.717) is 11.6 Å². The van der Waals surface area contributed by atoms with Crippen LogP contribution in [-0.2, 0) is 23.6 Å².